The van der Waals surface area contributed by atoms with E-state index in [0.29, 0.717) is 24.6 Å². The van der Waals surface area contributed by atoms with Crippen LogP contribution in [0.3, 0.4) is 0 Å². The minimum atomic E-state index is -0.305. The summed E-state index contributed by atoms with van der Waals surface area (Å²) >= 11 is 0. The van der Waals surface area contributed by atoms with E-state index in [1.165, 1.54) is 12.1 Å². The molecule has 0 aliphatic carbocycles. The van der Waals surface area contributed by atoms with Gasteiger partial charge in [0.2, 0.25) is 11.8 Å². The number of benzene rings is 2. The molecule has 28 heavy (non-hydrogen) atoms. The minimum absolute atomic E-state index is 0.0961. The van der Waals surface area contributed by atoms with Crippen molar-refractivity contribution in [3.8, 4) is 11.6 Å². The van der Waals surface area contributed by atoms with Crippen LogP contribution in [0.5, 0.6) is 11.6 Å². The third kappa shape index (κ3) is 4.46. The highest BCUT2D eigenvalue weighted by atomic mass is 19.1. The first-order valence-corrected chi connectivity index (χ1v) is 9.17. The van der Waals surface area contributed by atoms with Gasteiger partial charge in [0.15, 0.2) is 0 Å². The van der Waals surface area contributed by atoms with E-state index in [0.717, 1.165) is 23.2 Å². The summed E-state index contributed by atoms with van der Waals surface area (Å²) < 4.78 is 18.5. The Morgan fingerprint density at radius 2 is 2.00 bits per heavy atom. The molecule has 1 unspecified atom stereocenters. The molecule has 1 fully saturated rings. The molecule has 5 nitrogen and oxygen atoms in total. The number of halogens is 1. The molecule has 2 N–H and O–H groups in total. The van der Waals surface area contributed by atoms with E-state index in [9.17, 15) is 9.18 Å². The Morgan fingerprint density at radius 3 is 2.71 bits per heavy atom. The zero-order chi connectivity index (χ0) is 19.3. The number of nitrogens with one attached hydrogen (secondary N) is 2. The van der Waals surface area contributed by atoms with Crippen molar-refractivity contribution in [3.05, 3.63) is 83.8 Å². The van der Waals surface area contributed by atoms with E-state index in [2.05, 4.69) is 21.7 Å². The maximum Gasteiger partial charge on any atom is 0.220 e. The Hall–Kier alpha value is -3.41. The Morgan fingerprint density at radius 1 is 1.14 bits per heavy atom. The topological polar surface area (TPSA) is 63.2 Å². The molecule has 2 aromatic carbocycles. The van der Waals surface area contributed by atoms with Crippen LogP contribution < -0.4 is 15.4 Å². The van der Waals surface area contributed by atoms with Gasteiger partial charge in [0.05, 0.1) is 6.04 Å². The standard InChI is InChI=1S/C22H20FN3O2/c23-17-5-7-19(8-6-17)28-22-11-4-15(14-25-22)13-24-18-3-1-2-16(12-18)20-9-10-21(27)26-20/h1-8,11-12,14,20,24H,9-10,13H2,(H,26,27). The summed E-state index contributed by atoms with van der Waals surface area (Å²) in [5.74, 6) is 0.795. The number of amides is 1. The van der Waals surface area contributed by atoms with Gasteiger partial charge in [-0.25, -0.2) is 9.37 Å². The Kier molecular flexibility index (Phi) is 5.19. The zero-order valence-corrected chi connectivity index (χ0v) is 15.2. The number of nitrogens with zero attached hydrogens (tertiary/aromatic N) is 1. The largest absolute Gasteiger partial charge is 0.439 e. The highest BCUT2D eigenvalue weighted by molar-refractivity contribution is 5.78. The first-order chi connectivity index (χ1) is 13.7. The first kappa shape index (κ1) is 18.0. The van der Waals surface area contributed by atoms with E-state index >= 15 is 0 Å². The van der Waals surface area contributed by atoms with Crippen LogP contribution in [-0.2, 0) is 11.3 Å². The Labute approximate surface area is 162 Å². The number of carbonyl (C=O) groups is 1. The van der Waals surface area contributed by atoms with Crippen LogP contribution in [0.15, 0.2) is 66.9 Å². The number of rotatable bonds is 6. The van der Waals surface area contributed by atoms with Crippen molar-refractivity contribution >= 4 is 11.6 Å². The van der Waals surface area contributed by atoms with Crippen LogP contribution in [0.1, 0.15) is 30.0 Å². The summed E-state index contributed by atoms with van der Waals surface area (Å²) in [6.45, 7) is 0.615. The molecule has 142 valence electrons. The quantitative estimate of drug-likeness (QED) is 0.660. The summed E-state index contributed by atoms with van der Waals surface area (Å²) in [5, 5.41) is 6.37. The van der Waals surface area contributed by atoms with Gasteiger partial charge >= 0.3 is 0 Å². The van der Waals surface area contributed by atoms with Crippen molar-refractivity contribution in [3.63, 3.8) is 0 Å². The minimum Gasteiger partial charge on any atom is -0.439 e. The van der Waals surface area contributed by atoms with E-state index in [1.807, 2.05) is 24.3 Å². The molecule has 0 spiro atoms. The second kappa shape index (κ2) is 8.08. The Balaban J connectivity index is 1.35. The molecule has 0 bridgehead atoms. The molecule has 1 atom stereocenters. The lowest BCUT2D eigenvalue weighted by molar-refractivity contribution is -0.119. The number of aromatic nitrogens is 1. The molecule has 1 aromatic heterocycles. The fourth-order valence-corrected chi connectivity index (χ4v) is 3.13. The molecule has 1 aliphatic rings. The molecular weight excluding hydrogens is 357 g/mol. The molecule has 3 aromatic rings. The fraction of sp³-hybridized carbons (Fsp3) is 0.182. The summed E-state index contributed by atoms with van der Waals surface area (Å²) in [5.41, 5.74) is 3.10. The van der Waals surface area contributed by atoms with Gasteiger partial charge in [0, 0.05) is 30.9 Å². The van der Waals surface area contributed by atoms with Crippen molar-refractivity contribution in [1.29, 1.82) is 0 Å². The third-order valence-electron chi connectivity index (χ3n) is 4.61. The van der Waals surface area contributed by atoms with E-state index in [1.54, 1.807) is 24.4 Å². The molecule has 6 heteroatoms. The second-order valence-electron chi connectivity index (χ2n) is 6.70. The van der Waals surface area contributed by atoms with Crippen LogP contribution in [0.2, 0.25) is 0 Å². The van der Waals surface area contributed by atoms with Crippen LogP contribution in [-0.4, -0.2) is 10.9 Å². The molecule has 1 saturated heterocycles. The molecular formula is C22H20FN3O2. The third-order valence-corrected chi connectivity index (χ3v) is 4.61. The first-order valence-electron chi connectivity index (χ1n) is 9.17. The molecule has 2 heterocycles. The van der Waals surface area contributed by atoms with E-state index < -0.39 is 0 Å². The summed E-state index contributed by atoms with van der Waals surface area (Å²) in [4.78, 5) is 15.7. The number of hydrogen-bond acceptors (Lipinski definition) is 4. The second-order valence-corrected chi connectivity index (χ2v) is 6.70. The molecule has 1 amide bonds. The average molecular weight is 377 g/mol. The highest BCUT2D eigenvalue weighted by Gasteiger charge is 2.22. The van der Waals surface area contributed by atoms with Crippen LogP contribution in [0.25, 0.3) is 0 Å². The summed E-state index contributed by atoms with van der Waals surface area (Å²) in [6.07, 6.45) is 3.16. The van der Waals surface area contributed by atoms with Gasteiger partial charge in [-0.15, -0.1) is 0 Å². The predicted octanol–water partition coefficient (Wildman–Crippen LogP) is 4.58. The van der Waals surface area contributed by atoms with E-state index in [-0.39, 0.29) is 17.8 Å². The van der Waals surface area contributed by atoms with Crippen molar-refractivity contribution in [2.24, 2.45) is 0 Å². The van der Waals surface area contributed by atoms with Crippen molar-refractivity contribution in [2.45, 2.75) is 25.4 Å². The monoisotopic (exact) mass is 377 g/mol. The number of carbonyl (C=O) groups excluding carboxylic acids is 1. The van der Waals surface area contributed by atoms with E-state index in [4.69, 9.17) is 4.74 Å². The number of pyridine rings is 1. The molecule has 4 rings (SSSR count). The number of hydrogen-bond donors (Lipinski definition) is 2. The van der Waals surface area contributed by atoms with Crippen molar-refractivity contribution < 1.29 is 13.9 Å². The predicted molar refractivity (Wildman–Crippen MR) is 105 cm³/mol. The normalized spacial score (nSPS) is 15.9. The smallest absolute Gasteiger partial charge is 0.220 e. The number of ether oxygens (including phenoxy) is 1. The average Bonchev–Trinajstić information content (AvgIpc) is 3.16. The van der Waals surface area contributed by atoms with Gasteiger partial charge < -0.3 is 15.4 Å². The molecule has 0 saturated carbocycles. The van der Waals surface area contributed by atoms with Gasteiger partial charge in [-0.1, -0.05) is 18.2 Å². The maximum atomic E-state index is 12.9. The maximum absolute atomic E-state index is 12.9. The van der Waals surface area contributed by atoms with Gasteiger partial charge in [-0.2, -0.15) is 0 Å². The van der Waals surface area contributed by atoms with Gasteiger partial charge in [0.25, 0.3) is 0 Å². The fourth-order valence-electron chi connectivity index (χ4n) is 3.13. The lowest BCUT2D eigenvalue weighted by Gasteiger charge is -2.13. The lowest BCUT2D eigenvalue weighted by atomic mass is 10.0. The zero-order valence-electron chi connectivity index (χ0n) is 15.2. The van der Waals surface area contributed by atoms with Crippen LogP contribution >= 0.6 is 0 Å². The SMILES string of the molecule is O=C1CCC(c2cccc(NCc3ccc(Oc4ccc(F)cc4)nc3)c2)N1. The van der Waals surface area contributed by atoms with Crippen molar-refractivity contribution in [1.82, 2.24) is 10.3 Å². The highest BCUT2D eigenvalue weighted by Crippen LogP contribution is 2.26. The van der Waals surface area contributed by atoms with Gasteiger partial charge in [0.1, 0.15) is 11.6 Å². The van der Waals surface area contributed by atoms with Crippen LogP contribution in [0, 0.1) is 5.82 Å². The number of anilines is 1. The summed E-state index contributed by atoms with van der Waals surface area (Å²) in [6, 6.07) is 17.7. The van der Waals surface area contributed by atoms with Crippen molar-refractivity contribution in [2.75, 3.05) is 5.32 Å². The molecule has 0 radical (unpaired) electrons. The Bertz CT molecular complexity index is 958. The van der Waals surface area contributed by atoms with Crippen LogP contribution in [0.4, 0.5) is 10.1 Å². The van der Waals surface area contributed by atoms with Gasteiger partial charge in [-0.3, -0.25) is 4.79 Å². The van der Waals surface area contributed by atoms with Gasteiger partial charge in [-0.05, 0) is 53.9 Å². The molecule has 1 aliphatic heterocycles. The lowest BCUT2D eigenvalue weighted by Crippen LogP contribution is -2.18. The summed E-state index contributed by atoms with van der Waals surface area (Å²) in [7, 11) is 0.